The lowest BCUT2D eigenvalue weighted by Gasteiger charge is -1.88. The minimum absolute atomic E-state index is 1.32. The van der Waals surface area contributed by atoms with Gasteiger partial charge in [-0.15, -0.1) is 11.3 Å². The average Bonchev–Trinajstić information content (AvgIpc) is 2.27. The first-order valence-electron chi connectivity index (χ1n) is 3.41. The van der Waals surface area contributed by atoms with Crippen molar-refractivity contribution in [3.05, 3.63) is 32.7 Å². The highest BCUT2D eigenvalue weighted by atomic mass is 127. The molecule has 0 bridgehead atoms. The Hall–Kier alpha value is -0.0900. The molecule has 0 saturated heterocycles. The van der Waals surface area contributed by atoms with Crippen LogP contribution in [0, 0.1) is 10.5 Å². The van der Waals surface area contributed by atoms with Gasteiger partial charge in [-0.3, -0.25) is 0 Å². The molecule has 0 amide bonds. The number of aryl methyl sites for hydroxylation is 1. The number of hydrogen-bond acceptors (Lipinski definition) is 1. The van der Waals surface area contributed by atoms with Crippen molar-refractivity contribution >= 4 is 44.0 Å². The Balaban J connectivity index is 2.82. The number of rotatable bonds is 0. The standard InChI is InChI=1S/C9H7IS/c1-6-4-7-2-3-8(10)5-9(7)11-6/h2-5H,1H3. The first kappa shape index (κ1) is 7.55. The number of thiophene rings is 1. The molecule has 0 spiro atoms. The van der Waals surface area contributed by atoms with Crippen molar-refractivity contribution in [2.75, 3.05) is 0 Å². The Kier molecular flexibility index (Phi) is 1.89. The van der Waals surface area contributed by atoms with E-state index in [2.05, 4.69) is 53.8 Å². The van der Waals surface area contributed by atoms with Gasteiger partial charge in [-0.2, -0.15) is 0 Å². The molecule has 0 aliphatic heterocycles. The molecule has 2 heteroatoms. The largest absolute Gasteiger partial charge is 0.141 e. The van der Waals surface area contributed by atoms with Crippen LogP contribution in [0.4, 0.5) is 0 Å². The van der Waals surface area contributed by atoms with Gasteiger partial charge in [0.1, 0.15) is 0 Å². The molecule has 0 N–H and O–H groups in total. The van der Waals surface area contributed by atoms with Gasteiger partial charge in [-0.05, 0) is 53.1 Å². The Morgan fingerprint density at radius 1 is 1.27 bits per heavy atom. The Morgan fingerprint density at radius 3 is 2.91 bits per heavy atom. The molecule has 0 unspecified atom stereocenters. The highest BCUT2D eigenvalue weighted by Gasteiger charge is 1.97. The molecule has 1 aromatic carbocycles. The number of benzene rings is 1. The van der Waals surface area contributed by atoms with Gasteiger partial charge in [0.2, 0.25) is 0 Å². The molecule has 0 radical (unpaired) electrons. The molecular formula is C9H7IS. The second kappa shape index (κ2) is 2.75. The van der Waals surface area contributed by atoms with Gasteiger partial charge < -0.3 is 0 Å². The molecule has 0 fully saturated rings. The summed E-state index contributed by atoms with van der Waals surface area (Å²) in [7, 11) is 0. The van der Waals surface area contributed by atoms with Gasteiger partial charge in [-0.1, -0.05) is 6.07 Å². The minimum atomic E-state index is 1.32. The molecule has 0 aliphatic carbocycles. The lowest BCUT2D eigenvalue weighted by atomic mass is 10.2. The molecule has 0 nitrogen and oxygen atoms in total. The van der Waals surface area contributed by atoms with E-state index >= 15 is 0 Å². The summed E-state index contributed by atoms with van der Waals surface area (Å²) in [6.07, 6.45) is 0. The zero-order chi connectivity index (χ0) is 7.84. The van der Waals surface area contributed by atoms with Crippen molar-refractivity contribution in [1.29, 1.82) is 0 Å². The monoisotopic (exact) mass is 274 g/mol. The third-order valence-corrected chi connectivity index (χ3v) is 3.29. The number of halogens is 1. The van der Waals surface area contributed by atoms with Gasteiger partial charge in [0.25, 0.3) is 0 Å². The SMILES string of the molecule is Cc1cc2ccc(I)cc2s1. The smallest absolute Gasteiger partial charge is 0.0356 e. The minimum Gasteiger partial charge on any atom is -0.141 e. The van der Waals surface area contributed by atoms with E-state index in [1.165, 1.54) is 18.5 Å². The van der Waals surface area contributed by atoms with Crippen LogP contribution in [0.3, 0.4) is 0 Å². The number of fused-ring (bicyclic) bond motifs is 1. The maximum atomic E-state index is 2.34. The summed E-state index contributed by atoms with van der Waals surface area (Å²) in [6, 6.07) is 8.79. The predicted octanol–water partition coefficient (Wildman–Crippen LogP) is 3.81. The van der Waals surface area contributed by atoms with E-state index < -0.39 is 0 Å². The van der Waals surface area contributed by atoms with E-state index in [9.17, 15) is 0 Å². The topological polar surface area (TPSA) is 0 Å². The molecule has 0 saturated carbocycles. The van der Waals surface area contributed by atoms with Gasteiger partial charge in [0, 0.05) is 13.1 Å². The van der Waals surface area contributed by atoms with Crippen molar-refractivity contribution in [2.24, 2.45) is 0 Å². The summed E-state index contributed by atoms with van der Waals surface area (Å²) in [5.41, 5.74) is 0. The zero-order valence-corrected chi connectivity index (χ0v) is 9.07. The van der Waals surface area contributed by atoms with Crippen molar-refractivity contribution < 1.29 is 0 Å². The van der Waals surface area contributed by atoms with Crippen LogP contribution in [0.25, 0.3) is 10.1 Å². The molecule has 56 valence electrons. The van der Waals surface area contributed by atoms with Crippen LogP contribution in [0.15, 0.2) is 24.3 Å². The van der Waals surface area contributed by atoms with E-state index in [0.717, 1.165) is 0 Å². The fourth-order valence-electron chi connectivity index (χ4n) is 1.14. The van der Waals surface area contributed by atoms with Crippen molar-refractivity contribution in [1.82, 2.24) is 0 Å². The molecule has 1 heterocycles. The Labute approximate surface area is 83.4 Å². The lowest BCUT2D eigenvalue weighted by molar-refractivity contribution is 1.65. The van der Waals surface area contributed by atoms with Crippen molar-refractivity contribution in [3.8, 4) is 0 Å². The van der Waals surface area contributed by atoms with E-state index in [4.69, 9.17) is 0 Å². The fourth-order valence-corrected chi connectivity index (χ4v) is 2.80. The number of hydrogen-bond donors (Lipinski definition) is 0. The van der Waals surface area contributed by atoms with Crippen LogP contribution < -0.4 is 0 Å². The second-order valence-electron chi connectivity index (χ2n) is 2.54. The molecule has 2 rings (SSSR count). The van der Waals surface area contributed by atoms with Crippen LogP contribution >= 0.6 is 33.9 Å². The summed E-state index contributed by atoms with van der Waals surface area (Å²) in [5.74, 6) is 0. The average molecular weight is 274 g/mol. The highest BCUT2D eigenvalue weighted by molar-refractivity contribution is 14.1. The summed E-state index contributed by atoms with van der Waals surface area (Å²) in [5, 5.41) is 1.37. The zero-order valence-electron chi connectivity index (χ0n) is 6.10. The summed E-state index contributed by atoms with van der Waals surface area (Å²) in [4.78, 5) is 1.39. The molecule has 2 aromatic rings. The summed E-state index contributed by atoms with van der Waals surface area (Å²) >= 11 is 4.21. The van der Waals surface area contributed by atoms with Crippen LogP contribution in [-0.4, -0.2) is 0 Å². The van der Waals surface area contributed by atoms with Crippen molar-refractivity contribution in [3.63, 3.8) is 0 Å². The fraction of sp³-hybridized carbons (Fsp3) is 0.111. The Bertz CT molecular complexity index is 389. The maximum absolute atomic E-state index is 2.34. The molecule has 11 heavy (non-hydrogen) atoms. The Morgan fingerprint density at radius 2 is 2.09 bits per heavy atom. The van der Waals surface area contributed by atoms with Gasteiger partial charge in [0.15, 0.2) is 0 Å². The summed E-state index contributed by atoms with van der Waals surface area (Å²) in [6.45, 7) is 2.15. The van der Waals surface area contributed by atoms with Crippen LogP contribution in [0.5, 0.6) is 0 Å². The third-order valence-electron chi connectivity index (χ3n) is 1.61. The van der Waals surface area contributed by atoms with E-state index in [1.807, 2.05) is 11.3 Å². The summed E-state index contributed by atoms with van der Waals surface area (Å²) < 4.78 is 2.71. The quantitative estimate of drug-likeness (QED) is 0.641. The molecule has 0 atom stereocenters. The second-order valence-corrected chi connectivity index (χ2v) is 5.07. The van der Waals surface area contributed by atoms with E-state index in [-0.39, 0.29) is 0 Å². The normalized spacial score (nSPS) is 10.7. The molecular weight excluding hydrogens is 267 g/mol. The first-order chi connectivity index (χ1) is 5.25. The third kappa shape index (κ3) is 1.42. The first-order valence-corrected chi connectivity index (χ1v) is 5.31. The highest BCUT2D eigenvalue weighted by Crippen LogP contribution is 2.26. The van der Waals surface area contributed by atoms with E-state index in [0.29, 0.717) is 0 Å². The van der Waals surface area contributed by atoms with Gasteiger partial charge in [0.05, 0.1) is 0 Å². The lowest BCUT2D eigenvalue weighted by Crippen LogP contribution is -1.65. The van der Waals surface area contributed by atoms with Crippen LogP contribution in [-0.2, 0) is 0 Å². The van der Waals surface area contributed by atoms with Gasteiger partial charge in [-0.25, -0.2) is 0 Å². The molecule has 1 aromatic heterocycles. The van der Waals surface area contributed by atoms with Crippen LogP contribution in [0.2, 0.25) is 0 Å². The maximum Gasteiger partial charge on any atom is 0.0356 e. The molecule has 0 aliphatic rings. The van der Waals surface area contributed by atoms with E-state index in [1.54, 1.807) is 0 Å². The predicted molar refractivity (Wildman–Crippen MR) is 59.3 cm³/mol. The van der Waals surface area contributed by atoms with Crippen LogP contribution in [0.1, 0.15) is 4.88 Å². The van der Waals surface area contributed by atoms with Gasteiger partial charge >= 0.3 is 0 Å². The van der Waals surface area contributed by atoms with Crippen molar-refractivity contribution in [2.45, 2.75) is 6.92 Å².